The first-order chi connectivity index (χ1) is 21.3. The normalized spacial score (nSPS) is 11.3. The van der Waals surface area contributed by atoms with Crippen LogP contribution in [0.15, 0.2) is 162 Å². The molecule has 0 aliphatic rings. The average molecular weight is 551 g/mol. The maximum absolute atomic E-state index is 6.39. The van der Waals surface area contributed by atoms with Gasteiger partial charge in [0.25, 0.3) is 0 Å². The van der Waals surface area contributed by atoms with E-state index in [9.17, 15) is 0 Å². The third-order valence-corrected chi connectivity index (χ3v) is 7.91. The van der Waals surface area contributed by atoms with Crippen LogP contribution in [0, 0.1) is 0 Å². The summed E-state index contributed by atoms with van der Waals surface area (Å²) in [5.74, 6) is 0.668. The lowest BCUT2D eigenvalue weighted by Crippen LogP contribution is -1.94. The molecule has 0 saturated carbocycles. The number of rotatable bonds is 5. The smallest absolute Gasteiger partial charge is 0.180 e. The lowest BCUT2D eigenvalue weighted by atomic mass is 9.99. The molecule has 0 unspecified atom stereocenters. The van der Waals surface area contributed by atoms with E-state index in [1.807, 2.05) is 30.3 Å². The second kappa shape index (κ2) is 10.6. The first kappa shape index (κ1) is 25.0. The summed E-state index contributed by atoms with van der Waals surface area (Å²) in [6, 6.07) is 54.6. The second-order valence-electron chi connectivity index (χ2n) is 10.6. The van der Waals surface area contributed by atoms with Gasteiger partial charge in [0.1, 0.15) is 16.8 Å². The Kier molecular flexibility index (Phi) is 6.12. The van der Waals surface area contributed by atoms with Crippen LogP contribution >= 0.6 is 0 Å². The van der Waals surface area contributed by atoms with Gasteiger partial charge in [0, 0.05) is 16.5 Å². The molecule has 3 heteroatoms. The molecule has 0 radical (unpaired) electrons. The fraction of sp³-hybridized carbons (Fsp3) is 0. The van der Waals surface area contributed by atoms with Gasteiger partial charge in [-0.25, -0.2) is 9.97 Å². The fourth-order valence-electron chi connectivity index (χ4n) is 5.72. The average Bonchev–Trinajstić information content (AvgIpc) is 3.48. The van der Waals surface area contributed by atoms with Crippen molar-refractivity contribution in [2.45, 2.75) is 0 Å². The van der Waals surface area contributed by atoms with Crippen molar-refractivity contribution in [1.82, 2.24) is 9.97 Å². The minimum atomic E-state index is 0.668. The monoisotopic (exact) mass is 550 g/mol. The largest absolute Gasteiger partial charge is 0.452 e. The minimum Gasteiger partial charge on any atom is -0.452 e. The van der Waals surface area contributed by atoms with Gasteiger partial charge in [-0.1, -0.05) is 133 Å². The molecule has 8 aromatic rings. The lowest BCUT2D eigenvalue weighted by molar-refractivity contribution is 0.667. The molecule has 0 aliphatic heterocycles. The Morgan fingerprint density at radius 3 is 1.56 bits per heavy atom. The molecule has 8 rings (SSSR count). The molecule has 0 aliphatic carbocycles. The third kappa shape index (κ3) is 4.67. The van der Waals surface area contributed by atoms with E-state index in [0.29, 0.717) is 11.4 Å². The Morgan fingerprint density at radius 2 is 0.860 bits per heavy atom. The summed E-state index contributed by atoms with van der Waals surface area (Å²) < 4.78 is 6.39. The summed E-state index contributed by atoms with van der Waals surface area (Å²) in [6.07, 6.45) is 0. The Balaban J connectivity index is 1.26. The molecule has 0 saturated heterocycles. The van der Waals surface area contributed by atoms with Crippen LogP contribution in [0.25, 0.3) is 78.1 Å². The maximum atomic E-state index is 6.39. The molecule has 202 valence electrons. The van der Waals surface area contributed by atoms with Crippen LogP contribution in [0.4, 0.5) is 0 Å². The van der Waals surface area contributed by atoms with E-state index < -0.39 is 0 Å². The summed E-state index contributed by atoms with van der Waals surface area (Å²) in [5, 5.41) is 0.981. The van der Waals surface area contributed by atoms with Crippen molar-refractivity contribution < 1.29 is 4.42 Å². The van der Waals surface area contributed by atoms with Gasteiger partial charge in [-0.2, -0.15) is 0 Å². The standard InChI is InChI=1S/C40H26N2O/c1-3-11-27(12-4-1)29-21-23-30(24-22-29)32-16-10-18-34(26-32)40-41-37(39-38(42-40)35-19-7-8-20-36(35)43-39)33-17-9-15-31(25-33)28-13-5-2-6-14-28/h1-26H. The summed E-state index contributed by atoms with van der Waals surface area (Å²) in [4.78, 5) is 10.2. The van der Waals surface area contributed by atoms with E-state index in [4.69, 9.17) is 14.4 Å². The van der Waals surface area contributed by atoms with Gasteiger partial charge in [-0.3, -0.25) is 0 Å². The molecule has 0 spiro atoms. The van der Waals surface area contributed by atoms with E-state index in [0.717, 1.165) is 55.6 Å². The molecular formula is C40H26N2O. The molecule has 0 amide bonds. The van der Waals surface area contributed by atoms with Crippen molar-refractivity contribution in [1.29, 1.82) is 0 Å². The predicted octanol–water partition coefficient (Wildman–Crippen LogP) is 10.7. The van der Waals surface area contributed by atoms with Crippen LogP contribution in [-0.2, 0) is 0 Å². The zero-order valence-corrected chi connectivity index (χ0v) is 23.3. The van der Waals surface area contributed by atoms with E-state index in [-0.39, 0.29) is 0 Å². The SMILES string of the molecule is c1ccc(-c2ccc(-c3cccc(-c4nc(-c5cccc(-c6ccccc6)c5)c5oc6ccccc6c5n4)c3)cc2)cc1. The van der Waals surface area contributed by atoms with Crippen LogP contribution in [0.2, 0.25) is 0 Å². The number of nitrogens with zero attached hydrogens (tertiary/aromatic N) is 2. The molecule has 0 fully saturated rings. The van der Waals surface area contributed by atoms with Gasteiger partial charge in [-0.15, -0.1) is 0 Å². The highest BCUT2D eigenvalue weighted by molar-refractivity contribution is 6.07. The third-order valence-electron chi connectivity index (χ3n) is 7.91. The number of para-hydroxylation sites is 1. The molecular weight excluding hydrogens is 524 g/mol. The zero-order chi connectivity index (χ0) is 28.6. The van der Waals surface area contributed by atoms with Crippen molar-refractivity contribution >= 4 is 22.1 Å². The Bertz CT molecular complexity index is 2220. The minimum absolute atomic E-state index is 0.668. The molecule has 2 heterocycles. The van der Waals surface area contributed by atoms with Crippen LogP contribution in [-0.4, -0.2) is 9.97 Å². The number of hydrogen-bond acceptors (Lipinski definition) is 3. The van der Waals surface area contributed by atoms with Gasteiger partial charge in [0.05, 0.1) is 0 Å². The van der Waals surface area contributed by atoms with Gasteiger partial charge in [0.15, 0.2) is 11.4 Å². The summed E-state index contributed by atoms with van der Waals surface area (Å²) in [7, 11) is 0. The van der Waals surface area contributed by atoms with E-state index in [1.54, 1.807) is 0 Å². The summed E-state index contributed by atoms with van der Waals surface area (Å²) in [5.41, 5.74) is 12.0. The van der Waals surface area contributed by atoms with Gasteiger partial charge in [-0.05, 0) is 57.6 Å². The molecule has 0 atom stereocenters. The molecule has 0 N–H and O–H groups in total. The maximum Gasteiger partial charge on any atom is 0.180 e. The van der Waals surface area contributed by atoms with Crippen molar-refractivity contribution in [3.63, 3.8) is 0 Å². The van der Waals surface area contributed by atoms with Crippen molar-refractivity contribution in [3.8, 4) is 56.0 Å². The quantitative estimate of drug-likeness (QED) is 0.214. The second-order valence-corrected chi connectivity index (χ2v) is 10.6. The van der Waals surface area contributed by atoms with Crippen LogP contribution in [0.3, 0.4) is 0 Å². The Morgan fingerprint density at radius 1 is 0.372 bits per heavy atom. The topological polar surface area (TPSA) is 38.9 Å². The van der Waals surface area contributed by atoms with Gasteiger partial charge < -0.3 is 4.42 Å². The molecule has 2 aromatic heterocycles. The fourth-order valence-corrected chi connectivity index (χ4v) is 5.72. The molecule has 0 bridgehead atoms. The molecule has 3 nitrogen and oxygen atoms in total. The van der Waals surface area contributed by atoms with E-state index in [1.165, 1.54) is 11.1 Å². The number of fused-ring (bicyclic) bond motifs is 3. The van der Waals surface area contributed by atoms with Crippen LogP contribution < -0.4 is 0 Å². The lowest BCUT2D eigenvalue weighted by Gasteiger charge is -2.10. The van der Waals surface area contributed by atoms with Crippen molar-refractivity contribution in [2.24, 2.45) is 0 Å². The van der Waals surface area contributed by atoms with Crippen LogP contribution in [0.1, 0.15) is 0 Å². The summed E-state index contributed by atoms with van der Waals surface area (Å²) in [6.45, 7) is 0. The highest BCUT2D eigenvalue weighted by Crippen LogP contribution is 2.37. The number of hydrogen-bond donors (Lipinski definition) is 0. The van der Waals surface area contributed by atoms with Gasteiger partial charge in [0.2, 0.25) is 0 Å². The van der Waals surface area contributed by atoms with Crippen LogP contribution in [0.5, 0.6) is 0 Å². The van der Waals surface area contributed by atoms with E-state index >= 15 is 0 Å². The number of benzene rings is 6. The van der Waals surface area contributed by atoms with Gasteiger partial charge >= 0.3 is 0 Å². The first-order valence-corrected chi connectivity index (χ1v) is 14.4. The summed E-state index contributed by atoms with van der Waals surface area (Å²) >= 11 is 0. The molecule has 43 heavy (non-hydrogen) atoms. The number of furan rings is 1. The Hall–Kier alpha value is -5.80. The van der Waals surface area contributed by atoms with E-state index in [2.05, 4.69) is 127 Å². The number of aromatic nitrogens is 2. The van der Waals surface area contributed by atoms with Crippen molar-refractivity contribution in [3.05, 3.63) is 158 Å². The highest BCUT2D eigenvalue weighted by Gasteiger charge is 2.18. The first-order valence-electron chi connectivity index (χ1n) is 14.4. The van der Waals surface area contributed by atoms with Crippen molar-refractivity contribution in [2.75, 3.05) is 0 Å². The zero-order valence-electron chi connectivity index (χ0n) is 23.3. The highest BCUT2D eigenvalue weighted by atomic mass is 16.3. The predicted molar refractivity (Wildman–Crippen MR) is 176 cm³/mol. The molecule has 6 aromatic carbocycles. The Labute approximate surface area is 249 Å².